The number of rotatable bonds is 3. The molecule has 2 rings (SSSR count). The SMILES string of the molecule is CCc1cc(C(=O)Nc2ccc(Cl)cc2O)cc(=O)[nH]1. The second kappa shape index (κ2) is 5.79. The number of H-pyrrole nitrogens is 1. The first-order chi connectivity index (χ1) is 9.49. The van der Waals surface area contributed by atoms with Crippen molar-refractivity contribution in [2.75, 3.05) is 5.32 Å². The van der Waals surface area contributed by atoms with Crippen LogP contribution < -0.4 is 10.9 Å². The van der Waals surface area contributed by atoms with Gasteiger partial charge in [-0.25, -0.2) is 0 Å². The van der Waals surface area contributed by atoms with Crippen molar-refractivity contribution in [3.63, 3.8) is 0 Å². The Morgan fingerprint density at radius 3 is 2.75 bits per heavy atom. The molecule has 0 unspecified atom stereocenters. The maximum absolute atomic E-state index is 12.1. The summed E-state index contributed by atoms with van der Waals surface area (Å²) in [5, 5.41) is 12.6. The van der Waals surface area contributed by atoms with Crippen LogP contribution in [0.5, 0.6) is 5.75 Å². The number of hydrogen-bond donors (Lipinski definition) is 3. The molecule has 1 heterocycles. The van der Waals surface area contributed by atoms with Crippen LogP contribution in [0.15, 0.2) is 35.1 Å². The first kappa shape index (κ1) is 14.1. The van der Waals surface area contributed by atoms with Gasteiger partial charge < -0.3 is 15.4 Å². The molecule has 0 fully saturated rings. The van der Waals surface area contributed by atoms with Gasteiger partial charge in [0.05, 0.1) is 5.69 Å². The average molecular weight is 293 g/mol. The van der Waals surface area contributed by atoms with Crippen molar-refractivity contribution in [3.05, 3.63) is 57.0 Å². The molecule has 0 aliphatic heterocycles. The van der Waals surface area contributed by atoms with E-state index >= 15 is 0 Å². The summed E-state index contributed by atoms with van der Waals surface area (Å²) >= 11 is 5.71. The number of anilines is 1. The lowest BCUT2D eigenvalue weighted by molar-refractivity contribution is 0.102. The second-order valence-corrected chi connectivity index (χ2v) is 4.66. The lowest BCUT2D eigenvalue weighted by Crippen LogP contribution is -2.17. The number of nitrogens with one attached hydrogen (secondary N) is 2. The molecule has 1 aromatic heterocycles. The van der Waals surface area contributed by atoms with Gasteiger partial charge in [-0.2, -0.15) is 0 Å². The van der Waals surface area contributed by atoms with Crippen LogP contribution in [-0.4, -0.2) is 16.0 Å². The number of phenols is 1. The van der Waals surface area contributed by atoms with Gasteiger partial charge in [0.1, 0.15) is 5.75 Å². The summed E-state index contributed by atoms with van der Waals surface area (Å²) < 4.78 is 0. The molecule has 3 N–H and O–H groups in total. The fourth-order valence-electron chi connectivity index (χ4n) is 1.73. The minimum Gasteiger partial charge on any atom is -0.506 e. The minimum absolute atomic E-state index is 0.133. The molecule has 0 spiro atoms. The summed E-state index contributed by atoms with van der Waals surface area (Å²) in [7, 11) is 0. The monoisotopic (exact) mass is 292 g/mol. The van der Waals surface area contributed by atoms with Crippen LogP contribution in [0.3, 0.4) is 0 Å². The molecule has 0 aliphatic rings. The van der Waals surface area contributed by atoms with E-state index in [4.69, 9.17) is 11.6 Å². The number of aromatic nitrogens is 1. The van der Waals surface area contributed by atoms with Gasteiger partial charge in [-0.1, -0.05) is 18.5 Å². The van der Waals surface area contributed by atoms with Crippen molar-refractivity contribution in [2.45, 2.75) is 13.3 Å². The Labute approximate surface area is 120 Å². The third-order valence-corrected chi connectivity index (χ3v) is 2.99. The third kappa shape index (κ3) is 3.19. The number of aromatic hydroxyl groups is 1. The quantitative estimate of drug-likeness (QED) is 0.760. The number of halogens is 1. The zero-order chi connectivity index (χ0) is 14.7. The van der Waals surface area contributed by atoms with E-state index < -0.39 is 5.91 Å². The van der Waals surface area contributed by atoms with E-state index in [1.54, 1.807) is 12.1 Å². The molecule has 0 saturated carbocycles. The van der Waals surface area contributed by atoms with Gasteiger partial charge in [-0.05, 0) is 24.6 Å². The Morgan fingerprint density at radius 1 is 1.35 bits per heavy atom. The highest BCUT2D eigenvalue weighted by molar-refractivity contribution is 6.30. The molecule has 6 heteroatoms. The second-order valence-electron chi connectivity index (χ2n) is 4.23. The molecule has 104 valence electrons. The van der Waals surface area contributed by atoms with Gasteiger partial charge >= 0.3 is 0 Å². The molecule has 5 nitrogen and oxygen atoms in total. The minimum atomic E-state index is -0.469. The van der Waals surface area contributed by atoms with E-state index in [0.717, 1.165) is 0 Å². The predicted molar refractivity (Wildman–Crippen MR) is 77.5 cm³/mol. The Bertz CT molecular complexity index is 710. The summed E-state index contributed by atoms with van der Waals surface area (Å²) in [4.78, 5) is 26.1. The number of phenolic OH excluding ortho intramolecular Hbond substituents is 1. The lowest BCUT2D eigenvalue weighted by atomic mass is 10.2. The summed E-state index contributed by atoms with van der Waals surface area (Å²) in [6.45, 7) is 1.87. The largest absolute Gasteiger partial charge is 0.506 e. The van der Waals surface area contributed by atoms with E-state index in [-0.39, 0.29) is 22.6 Å². The Morgan fingerprint density at radius 2 is 2.10 bits per heavy atom. The highest BCUT2D eigenvalue weighted by atomic mass is 35.5. The molecular weight excluding hydrogens is 280 g/mol. The van der Waals surface area contributed by atoms with Gasteiger partial charge in [0.15, 0.2) is 0 Å². The number of amides is 1. The van der Waals surface area contributed by atoms with Gasteiger partial charge in [0, 0.05) is 28.4 Å². The molecule has 1 aromatic carbocycles. The van der Waals surface area contributed by atoms with Crippen molar-refractivity contribution in [3.8, 4) is 5.75 Å². The molecule has 0 radical (unpaired) electrons. The predicted octanol–water partition coefficient (Wildman–Crippen LogP) is 2.55. The number of aryl methyl sites for hydroxylation is 1. The summed E-state index contributed by atoms with van der Waals surface area (Å²) in [6.07, 6.45) is 0.614. The van der Waals surface area contributed by atoms with E-state index in [1.165, 1.54) is 18.2 Å². The van der Waals surface area contributed by atoms with Crippen LogP contribution in [0.25, 0.3) is 0 Å². The van der Waals surface area contributed by atoms with Crippen molar-refractivity contribution < 1.29 is 9.90 Å². The summed E-state index contributed by atoms with van der Waals surface area (Å²) in [5.41, 5.74) is 0.801. The third-order valence-electron chi connectivity index (χ3n) is 2.75. The van der Waals surface area contributed by atoms with Crippen LogP contribution >= 0.6 is 11.6 Å². The zero-order valence-corrected chi connectivity index (χ0v) is 11.5. The van der Waals surface area contributed by atoms with Crippen LogP contribution in [0.2, 0.25) is 5.02 Å². The summed E-state index contributed by atoms with van der Waals surface area (Å²) in [6, 6.07) is 7.17. The van der Waals surface area contributed by atoms with Crippen molar-refractivity contribution in [2.24, 2.45) is 0 Å². The highest BCUT2D eigenvalue weighted by Gasteiger charge is 2.11. The zero-order valence-electron chi connectivity index (χ0n) is 10.7. The normalized spacial score (nSPS) is 10.3. The standard InChI is InChI=1S/C14H13ClN2O3/c1-2-10-5-8(6-13(19)16-10)14(20)17-11-4-3-9(15)7-12(11)18/h3-7,18H,2H2,1H3,(H,16,19)(H,17,20). The molecule has 0 aliphatic carbocycles. The maximum Gasteiger partial charge on any atom is 0.256 e. The number of benzene rings is 1. The maximum atomic E-state index is 12.1. The number of carbonyl (C=O) groups excluding carboxylic acids is 1. The van der Waals surface area contributed by atoms with Gasteiger partial charge in [0.25, 0.3) is 5.91 Å². The lowest BCUT2D eigenvalue weighted by Gasteiger charge is -2.08. The van der Waals surface area contributed by atoms with Crippen LogP contribution in [0.1, 0.15) is 23.0 Å². The van der Waals surface area contributed by atoms with Crippen LogP contribution in [0, 0.1) is 0 Å². The van der Waals surface area contributed by atoms with Gasteiger partial charge in [-0.3, -0.25) is 9.59 Å². The number of carbonyl (C=O) groups is 1. The molecule has 0 saturated heterocycles. The average Bonchev–Trinajstić information content (AvgIpc) is 2.41. The van der Waals surface area contributed by atoms with Crippen LogP contribution in [-0.2, 0) is 6.42 Å². The first-order valence-corrected chi connectivity index (χ1v) is 6.40. The first-order valence-electron chi connectivity index (χ1n) is 6.02. The molecule has 1 amide bonds. The van der Waals surface area contributed by atoms with E-state index in [9.17, 15) is 14.7 Å². The number of hydrogen-bond acceptors (Lipinski definition) is 3. The molecular formula is C14H13ClN2O3. The van der Waals surface area contributed by atoms with E-state index in [0.29, 0.717) is 17.1 Å². The Hall–Kier alpha value is -2.27. The smallest absolute Gasteiger partial charge is 0.256 e. The molecule has 20 heavy (non-hydrogen) atoms. The van der Waals surface area contributed by atoms with Crippen molar-refractivity contribution in [1.29, 1.82) is 0 Å². The molecule has 0 bridgehead atoms. The highest BCUT2D eigenvalue weighted by Crippen LogP contribution is 2.26. The molecule has 2 aromatic rings. The topological polar surface area (TPSA) is 82.2 Å². The van der Waals surface area contributed by atoms with Gasteiger partial charge in [-0.15, -0.1) is 0 Å². The van der Waals surface area contributed by atoms with Crippen molar-refractivity contribution in [1.82, 2.24) is 4.98 Å². The van der Waals surface area contributed by atoms with Crippen LogP contribution in [0.4, 0.5) is 5.69 Å². The molecule has 0 atom stereocenters. The Balaban J connectivity index is 2.28. The van der Waals surface area contributed by atoms with Gasteiger partial charge in [0.2, 0.25) is 5.56 Å². The van der Waals surface area contributed by atoms with Crippen molar-refractivity contribution >= 4 is 23.2 Å². The van der Waals surface area contributed by atoms with E-state index in [1.807, 2.05) is 6.92 Å². The fraction of sp³-hybridized carbons (Fsp3) is 0.143. The number of aromatic amines is 1. The Kier molecular flexibility index (Phi) is 4.10. The van der Waals surface area contributed by atoms with E-state index in [2.05, 4.69) is 10.3 Å². The number of pyridine rings is 1. The fourth-order valence-corrected chi connectivity index (χ4v) is 1.89. The summed E-state index contributed by atoms with van der Waals surface area (Å²) in [5.74, 6) is -0.602.